The van der Waals surface area contributed by atoms with Gasteiger partial charge in [-0.15, -0.1) is 0 Å². The minimum atomic E-state index is 1.08. The summed E-state index contributed by atoms with van der Waals surface area (Å²) in [6.45, 7) is 0. The first kappa shape index (κ1) is 9.84. The molecule has 1 aromatic rings. The van der Waals surface area contributed by atoms with Gasteiger partial charge in [-0.1, -0.05) is 65.4 Å². The van der Waals surface area contributed by atoms with Gasteiger partial charge < -0.3 is 0 Å². The molecule has 1 atom stereocenters. The predicted molar refractivity (Wildman–Crippen MR) is 69.8 cm³/mol. The van der Waals surface area contributed by atoms with Gasteiger partial charge in [-0.25, -0.2) is 0 Å². The Labute approximate surface area is 88.6 Å². The van der Waals surface area contributed by atoms with Crippen LogP contribution < -0.4 is 0 Å². The summed E-state index contributed by atoms with van der Waals surface area (Å²) in [5.74, 6) is 0. The lowest BCUT2D eigenvalue weighted by Crippen LogP contribution is -2.00. The smallest absolute Gasteiger partial charge is 0.00444 e. The Bertz CT molecular complexity index is 400. The first-order valence-electron chi connectivity index (χ1n) is 4.61. The van der Waals surface area contributed by atoms with E-state index in [2.05, 4.69) is 57.5 Å². The van der Waals surface area contributed by atoms with Crippen LogP contribution in [0.4, 0.5) is 0 Å². The molecule has 0 aliphatic heterocycles. The van der Waals surface area contributed by atoms with Gasteiger partial charge in [0.2, 0.25) is 0 Å². The van der Waals surface area contributed by atoms with Gasteiger partial charge in [0.25, 0.3) is 0 Å². The minimum Gasteiger partial charge on any atom is -0.0825 e. The maximum absolute atomic E-state index is 2.78. The molecule has 2 rings (SSSR count). The maximum atomic E-state index is 2.78. The van der Waals surface area contributed by atoms with E-state index >= 15 is 0 Å². The molecule has 0 fully saturated rings. The third-order valence-corrected chi connectivity index (χ3v) is 3.93. The molecule has 0 spiro atoms. The zero-order valence-corrected chi connectivity index (χ0v) is 9.90. The van der Waals surface area contributed by atoms with Crippen LogP contribution in [0.5, 0.6) is 0 Å². The lowest BCUT2D eigenvalue weighted by Gasteiger charge is -2.12. The fraction of sp³-hybridized carbons (Fsp3) is 0.0833. The number of allylic oxidation sites excluding steroid dienone is 4. The van der Waals surface area contributed by atoms with Crippen molar-refractivity contribution < 1.29 is 0 Å². The Morgan fingerprint density at radius 2 is 1.93 bits per heavy atom. The molecule has 0 bridgehead atoms. The summed E-state index contributed by atoms with van der Waals surface area (Å²) >= 11 is 0. The molecule has 1 aliphatic rings. The third-order valence-electron chi connectivity index (χ3n) is 2.26. The van der Waals surface area contributed by atoms with Crippen molar-refractivity contribution in [1.82, 2.24) is 0 Å². The highest BCUT2D eigenvalue weighted by atomic mass is 32.0. The van der Waals surface area contributed by atoms with E-state index in [-0.39, 0.29) is 0 Å². The molecule has 1 unspecified atom stereocenters. The highest BCUT2D eigenvalue weighted by molar-refractivity contribution is 8.02. The van der Waals surface area contributed by atoms with E-state index in [0.717, 1.165) is 6.42 Å². The Balaban J connectivity index is 2.43. The average molecular weight is 218 g/mol. The van der Waals surface area contributed by atoms with Gasteiger partial charge >= 0.3 is 0 Å². The highest BCUT2D eigenvalue weighted by Gasteiger charge is 2.07. The van der Waals surface area contributed by atoms with Crippen LogP contribution in [0.1, 0.15) is 12.0 Å². The van der Waals surface area contributed by atoms with Crippen molar-refractivity contribution >= 4 is 27.7 Å². The van der Waals surface area contributed by atoms with E-state index in [0.29, 0.717) is 0 Å². The van der Waals surface area contributed by atoms with E-state index in [4.69, 9.17) is 0 Å². The molecule has 2 heteroatoms. The molecule has 0 saturated heterocycles. The molecule has 0 N–H and O–H groups in total. The third kappa shape index (κ3) is 2.03. The summed E-state index contributed by atoms with van der Waals surface area (Å²) in [4.78, 5) is 0. The molecule has 0 saturated carbocycles. The summed E-state index contributed by atoms with van der Waals surface area (Å²) < 4.78 is 0. The maximum Gasteiger partial charge on any atom is -0.00444 e. The number of rotatable bonds is 1. The van der Waals surface area contributed by atoms with Crippen molar-refractivity contribution in [3.8, 4) is 0 Å². The van der Waals surface area contributed by atoms with Crippen LogP contribution in [-0.2, 0) is 0 Å². The molecular formula is C12H12P2. The van der Waals surface area contributed by atoms with Gasteiger partial charge in [0.15, 0.2) is 0 Å². The van der Waals surface area contributed by atoms with Gasteiger partial charge in [-0.2, -0.15) is 0 Å². The lowest BCUT2D eigenvalue weighted by atomic mass is 9.97. The van der Waals surface area contributed by atoms with Crippen molar-refractivity contribution in [2.24, 2.45) is 0 Å². The van der Waals surface area contributed by atoms with E-state index < -0.39 is 0 Å². The van der Waals surface area contributed by atoms with Crippen LogP contribution in [0.15, 0.2) is 48.6 Å². The SMILES string of the molecule is PP=C1CC=CC=C1c1ccccc1. The molecule has 0 amide bonds. The fourth-order valence-corrected chi connectivity index (χ4v) is 2.84. The second-order valence-corrected chi connectivity index (χ2v) is 4.73. The van der Waals surface area contributed by atoms with Crippen molar-refractivity contribution in [2.45, 2.75) is 6.42 Å². The van der Waals surface area contributed by atoms with Crippen LogP contribution in [-0.4, -0.2) is 5.29 Å². The number of hydrogen-bond donors (Lipinski definition) is 0. The first-order chi connectivity index (χ1) is 6.92. The summed E-state index contributed by atoms with van der Waals surface area (Å²) in [5.41, 5.74) is 2.70. The standard InChI is InChI=1S/C12H12P2/c13-14-12-9-5-4-8-11(12)10-6-2-1-3-7-10/h1-8H,9,13H2. The lowest BCUT2D eigenvalue weighted by molar-refractivity contribution is 1.49. The van der Waals surface area contributed by atoms with E-state index in [9.17, 15) is 0 Å². The van der Waals surface area contributed by atoms with Crippen molar-refractivity contribution in [3.63, 3.8) is 0 Å². The largest absolute Gasteiger partial charge is 0.0825 e. The highest BCUT2D eigenvalue weighted by Crippen LogP contribution is 2.28. The van der Waals surface area contributed by atoms with Gasteiger partial charge in [-0.05, 0) is 22.9 Å². The number of benzene rings is 1. The molecule has 70 valence electrons. The van der Waals surface area contributed by atoms with Crippen LogP contribution in [0, 0.1) is 0 Å². The molecule has 1 aliphatic carbocycles. The summed E-state index contributed by atoms with van der Waals surface area (Å²) in [6.07, 6.45) is 7.62. The summed E-state index contributed by atoms with van der Waals surface area (Å²) in [7, 11) is 4.08. The molecule has 0 heterocycles. The monoisotopic (exact) mass is 218 g/mol. The molecule has 0 nitrogen and oxygen atoms in total. The Hall–Kier alpha value is -0.700. The zero-order chi connectivity index (χ0) is 9.80. The van der Waals surface area contributed by atoms with Crippen molar-refractivity contribution in [3.05, 3.63) is 54.1 Å². The molecule has 1 aromatic carbocycles. The topological polar surface area (TPSA) is 0 Å². The quantitative estimate of drug-likeness (QED) is 0.626. The predicted octanol–water partition coefficient (Wildman–Crippen LogP) is 3.94. The van der Waals surface area contributed by atoms with E-state index in [1.165, 1.54) is 24.3 Å². The zero-order valence-electron chi connectivity index (χ0n) is 7.85. The van der Waals surface area contributed by atoms with Crippen LogP contribution in [0.3, 0.4) is 0 Å². The normalized spacial score (nSPS) is 18.4. The molecule has 0 radical (unpaired) electrons. The first-order valence-corrected chi connectivity index (χ1v) is 7.12. The van der Waals surface area contributed by atoms with Crippen molar-refractivity contribution in [2.75, 3.05) is 0 Å². The second kappa shape index (κ2) is 4.69. The summed E-state index contributed by atoms with van der Waals surface area (Å²) in [5, 5.41) is 1.48. The van der Waals surface area contributed by atoms with Crippen LogP contribution >= 0.6 is 16.8 Å². The van der Waals surface area contributed by atoms with Crippen LogP contribution in [0.25, 0.3) is 5.57 Å². The van der Waals surface area contributed by atoms with Crippen LogP contribution in [0.2, 0.25) is 0 Å². The average Bonchev–Trinajstić information content (AvgIpc) is 2.30. The van der Waals surface area contributed by atoms with E-state index in [1.807, 2.05) is 0 Å². The Kier molecular flexibility index (Phi) is 3.30. The molecule has 14 heavy (non-hydrogen) atoms. The fourth-order valence-electron chi connectivity index (χ4n) is 1.55. The number of hydrogen-bond acceptors (Lipinski definition) is 0. The molecular weight excluding hydrogens is 206 g/mol. The van der Waals surface area contributed by atoms with Gasteiger partial charge in [0.1, 0.15) is 0 Å². The van der Waals surface area contributed by atoms with Crippen molar-refractivity contribution in [1.29, 1.82) is 0 Å². The molecule has 0 aromatic heterocycles. The van der Waals surface area contributed by atoms with Gasteiger partial charge in [-0.3, -0.25) is 0 Å². The van der Waals surface area contributed by atoms with Gasteiger partial charge in [0, 0.05) is 0 Å². The van der Waals surface area contributed by atoms with E-state index in [1.54, 1.807) is 0 Å². The summed E-state index contributed by atoms with van der Waals surface area (Å²) in [6, 6.07) is 10.6. The Morgan fingerprint density at radius 1 is 1.14 bits per heavy atom. The Morgan fingerprint density at radius 3 is 2.64 bits per heavy atom. The minimum absolute atomic E-state index is 1.08. The van der Waals surface area contributed by atoms with Gasteiger partial charge in [0.05, 0.1) is 0 Å². The second-order valence-electron chi connectivity index (χ2n) is 3.15.